The fraction of sp³-hybridized carbons (Fsp3) is 0.125. The van der Waals surface area contributed by atoms with Gasteiger partial charge in [0.2, 0.25) is 10.0 Å². The SMILES string of the molecule is O=C(NC[C@@H](NS(=O)(=O)c1c(Cl)cccc1Cl)C(=O)O)c1ccccc1. The molecule has 0 aromatic heterocycles. The van der Waals surface area contributed by atoms with Crippen molar-refractivity contribution in [2.24, 2.45) is 0 Å². The lowest BCUT2D eigenvalue weighted by atomic mass is 10.2. The largest absolute Gasteiger partial charge is 0.480 e. The molecule has 3 N–H and O–H groups in total. The summed E-state index contributed by atoms with van der Waals surface area (Å²) in [6.45, 7) is -0.468. The van der Waals surface area contributed by atoms with Gasteiger partial charge in [0.15, 0.2) is 0 Å². The maximum absolute atomic E-state index is 12.4. The molecule has 7 nitrogen and oxygen atoms in total. The molecule has 1 amide bonds. The van der Waals surface area contributed by atoms with E-state index in [1.165, 1.54) is 18.2 Å². The smallest absolute Gasteiger partial charge is 0.323 e. The minimum absolute atomic E-state index is 0.151. The molecule has 0 heterocycles. The fourth-order valence-corrected chi connectivity index (χ4v) is 4.38. The molecular weight excluding hydrogens is 403 g/mol. The average molecular weight is 417 g/mol. The van der Waals surface area contributed by atoms with Gasteiger partial charge in [-0.25, -0.2) is 8.42 Å². The zero-order chi connectivity index (χ0) is 19.3. The first-order chi connectivity index (χ1) is 12.2. The highest BCUT2D eigenvalue weighted by molar-refractivity contribution is 7.89. The van der Waals surface area contributed by atoms with Gasteiger partial charge in [0.25, 0.3) is 5.91 Å². The molecule has 10 heteroatoms. The van der Waals surface area contributed by atoms with Crippen LogP contribution in [0.3, 0.4) is 0 Å². The number of benzene rings is 2. The van der Waals surface area contributed by atoms with Crippen LogP contribution in [0.5, 0.6) is 0 Å². The van der Waals surface area contributed by atoms with Crippen LogP contribution in [-0.2, 0) is 14.8 Å². The Labute approximate surface area is 160 Å². The van der Waals surface area contributed by atoms with Crippen LogP contribution in [0.25, 0.3) is 0 Å². The summed E-state index contributed by atoms with van der Waals surface area (Å²) in [5.74, 6) is -2.00. The molecule has 0 aliphatic carbocycles. The molecular formula is C16H14Cl2N2O5S. The Morgan fingerprint density at radius 1 is 1.00 bits per heavy atom. The van der Waals surface area contributed by atoms with E-state index in [-0.39, 0.29) is 10.0 Å². The van der Waals surface area contributed by atoms with E-state index in [1.807, 2.05) is 4.72 Å². The van der Waals surface area contributed by atoms with Gasteiger partial charge in [-0.1, -0.05) is 47.5 Å². The summed E-state index contributed by atoms with van der Waals surface area (Å²) in [4.78, 5) is 22.9. The molecule has 2 rings (SSSR count). The predicted molar refractivity (Wildman–Crippen MR) is 97.0 cm³/mol. The second-order valence-electron chi connectivity index (χ2n) is 5.14. The van der Waals surface area contributed by atoms with E-state index in [4.69, 9.17) is 23.2 Å². The number of amides is 1. The second-order valence-corrected chi connectivity index (χ2v) is 7.60. The molecule has 26 heavy (non-hydrogen) atoms. The summed E-state index contributed by atoms with van der Waals surface area (Å²) >= 11 is 11.7. The van der Waals surface area contributed by atoms with Gasteiger partial charge in [0.1, 0.15) is 10.9 Å². The van der Waals surface area contributed by atoms with E-state index in [0.717, 1.165) is 0 Å². The number of hydrogen-bond acceptors (Lipinski definition) is 4. The number of carbonyl (C=O) groups excluding carboxylic acids is 1. The molecule has 2 aromatic carbocycles. The lowest BCUT2D eigenvalue weighted by Gasteiger charge is -2.17. The summed E-state index contributed by atoms with van der Waals surface area (Å²) in [6, 6.07) is 10.6. The molecule has 1 atom stereocenters. The molecule has 0 bridgehead atoms. The van der Waals surface area contributed by atoms with Crippen molar-refractivity contribution in [3.8, 4) is 0 Å². The standard InChI is InChI=1S/C16H14Cl2N2O5S/c17-11-7-4-8-12(18)14(11)26(24,25)20-13(16(22)23)9-19-15(21)10-5-2-1-3-6-10/h1-8,13,20H,9H2,(H,19,21)(H,22,23)/t13-/m1/s1. The van der Waals surface area contributed by atoms with Crippen molar-refractivity contribution < 1.29 is 23.1 Å². The first kappa shape index (κ1) is 20.2. The molecule has 0 unspecified atom stereocenters. The number of carboxylic acids is 1. The molecule has 0 saturated carbocycles. The highest BCUT2D eigenvalue weighted by Crippen LogP contribution is 2.28. The monoisotopic (exact) mass is 416 g/mol. The molecule has 0 aliphatic rings. The number of aliphatic carboxylic acids is 1. The maximum atomic E-state index is 12.4. The van der Waals surface area contributed by atoms with Gasteiger partial charge in [0.05, 0.1) is 10.0 Å². The molecule has 138 valence electrons. The van der Waals surface area contributed by atoms with Crippen molar-refractivity contribution in [1.82, 2.24) is 10.0 Å². The Morgan fingerprint density at radius 2 is 1.58 bits per heavy atom. The van der Waals surface area contributed by atoms with Crippen LogP contribution in [0, 0.1) is 0 Å². The minimum atomic E-state index is -4.32. The normalized spacial score (nSPS) is 12.4. The highest BCUT2D eigenvalue weighted by atomic mass is 35.5. The van der Waals surface area contributed by atoms with Crippen molar-refractivity contribution in [2.75, 3.05) is 6.54 Å². The van der Waals surface area contributed by atoms with Crippen molar-refractivity contribution in [1.29, 1.82) is 0 Å². The Bertz CT molecular complexity index is 899. The Morgan fingerprint density at radius 3 is 2.12 bits per heavy atom. The number of carboxylic acid groups (broad SMARTS) is 1. The van der Waals surface area contributed by atoms with Crippen LogP contribution < -0.4 is 10.0 Å². The van der Waals surface area contributed by atoms with Gasteiger partial charge >= 0.3 is 5.97 Å². The van der Waals surface area contributed by atoms with E-state index in [1.54, 1.807) is 30.3 Å². The van der Waals surface area contributed by atoms with Crippen molar-refractivity contribution in [3.63, 3.8) is 0 Å². The Balaban J connectivity index is 2.15. The first-order valence-corrected chi connectivity index (χ1v) is 9.48. The number of halogens is 2. The fourth-order valence-electron chi connectivity index (χ4n) is 2.05. The van der Waals surface area contributed by atoms with Crippen molar-refractivity contribution in [2.45, 2.75) is 10.9 Å². The van der Waals surface area contributed by atoms with Gasteiger partial charge < -0.3 is 10.4 Å². The molecule has 0 aliphatic heterocycles. The second kappa shape index (κ2) is 8.50. The number of carbonyl (C=O) groups is 2. The molecule has 2 aromatic rings. The summed E-state index contributed by atoms with van der Waals surface area (Å²) < 4.78 is 26.9. The molecule has 0 radical (unpaired) electrons. The Hall–Kier alpha value is -2.13. The van der Waals surface area contributed by atoms with Gasteiger partial charge in [0, 0.05) is 12.1 Å². The van der Waals surface area contributed by atoms with Crippen molar-refractivity contribution >= 4 is 45.1 Å². The van der Waals surface area contributed by atoms with E-state index >= 15 is 0 Å². The highest BCUT2D eigenvalue weighted by Gasteiger charge is 2.29. The van der Waals surface area contributed by atoms with Gasteiger partial charge in [-0.3, -0.25) is 9.59 Å². The van der Waals surface area contributed by atoms with Crippen molar-refractivity contribution in [3.05, 3.63) is 64.1 Å². The first-order valence-electron chi connectivity index (χ1n) is 7.25. The number of rotatable bonds is 7. The van der Waals surface area contributed by atoms with Gasteiger partial charge in [-0.05, 0) is 24.3 Å². The predicted octanol–water partition coefficient (Wildman–Crippen LogP) is 2.15. The zero-order valence-corrected chi connectivity index (χ0v) is 15.5. The number of hydrogen-bond donors (Lipinski definition) is 3. The van der Waals surface area contributed by atoms with Crippen LogP contribution in [0.4, 0.5) is 0 Å². The topological polar surface area (TPSA) is 113 Å². The van der Waals surface area contributed by atoms with E-state index < -0.39 is 39.4 Å². The van der Waals surface area contributed by atoms with Gasteiger partial charge in [-0.15, -0.1) is 0 Å². The zero-order valence-electron chi connectivity index (χ0n) is 13.1. The van der Waals surface area contributed by atoms with Crippen LogP contribution >= 0.6 is 23.2 Å². The molecule has 0 saturated heterocycles. The molecule has 0 spiro atoms. The minimum Gasteiger partial charge on any atom is -0.480 e. The van der Waals surface area contributed by atoms with Crippen LogP contribution in [0.2, 0.25) is 10.0 Å². The third-order valence-corrected chi connectivity index (χ3v) is 5.71. The van der Waals surface area contributed by atoms with E-state index in [2.05, 4.69) is 5.32 Å². The van der Waals surface area contributed by atoms with E-state index in [9.17, 15) is 23.1 Å². The number of sulfonamides is 1. The van der Waals surface area contributed by atoms with Crippen LogP contribution in [0.1, 0.15) is 10.4 Å². The van der Waals surface area contributed by atoms with Crippen LogP contribution in [0.15, 0.2) is 53.4 Å². The van der Waals surface area contributed by atoms with Crippen LogP contribution in [-0.4, -0.2) is 38.0 Å². The van der Waals surface area contributed by atoms with E-state index in [0.29, 0.717) is 5.56 Å². The lowest BCUT2D eigenvalue weighted by molar-refractivity contribution is -0.138. The third kappa shape index (κ3) is 4.95. The average Bonchev–Trinajstić information content (AvgIpc) is 2.58. The summed E-state index contributed by atoms with van der Waals surface area (Å²) in [5.41, 5.74) is 0.314. The lowest BCUT2D eigenvalue weighted by Crippen LogP contribution is -2.48. The summed E-state index contributed by atoms with van der Waals surface area (Å²) in [5, 5.41) is 11.3. The summed E-state index contributed by atoms with van der Waals surface area (Å²) in [7, 11) is -4.32. The quantitative estimate of drug-likeness (QED) is 0.639. The third-order valence-electron chi connectivity index (χ3n) is 3.29. The molecule has 0 fully saturated rings. The summed E-state index contributed by atoms with van der Waals surface area (Å²) in [6.07, 6.45) is 0. The Kier molecular flexibility index (Phi) is 6.60. The maximum Gasteiger partial charge on any atom is 0.323 e. The number of nitrogens with one attached hydrogen (secondary N) is 2. The van der Waals surface area contributed by atoms with Gasteiger partial charge in [-0.2, -0.15) is 4.72 Å².